The van der Waals surface area contributed by atoms with Gasteiger partial charge >= 0.3 is 6.03 Å². The van der Waals surface area contributed by atoms with Gasteiger partial charge in [0.2, 0.25) is 0 Å². The van der Waals surface area contributed by atoms with Gasteiger partial charge in [0.25, 0.3) is 11.8 Å². The fourth-order valence-corrected chi connectivity index (χ4v) is 4.85. The van der Waals surface area contributed by atoms with Gasteiger partial charge in [0.1, 0.15) is 18.4 Å². The molecule has 2 unspecified atom stereocenters. The van der Waals surface area contributed by atoms with Crippen molar-refractivity contribution in [1.82, 2.24) is 20.9 Å². The second-order valence-corrected chi connectivity index (χ2v) is 9.14. The standard InChI is InChI=1S/C27H28N4O5/c1-16-14-19(21-4-2-3-5-22(21)28-16)15-36-20-8-6-18(7-9-20)25(32)29-23(17-10-12-35-13-11-17)24-26(33)31-27(34)30-24/h2-9,14,17,23-24H,10-13,15H2,1H3,(H,29,32)(H2,30,31,33,34). The second kappa shape index (κ2) is 10.3. The summed E-state index contributed by atoms with van der Waals surface area (Å²) in [5.41, 5.74) is 3.32. The predicted molar refractivity (Wildman–Crippen MR) is 133 cm³/mol. The van der Waals surface area contributed by atoms with Gasteiger partial charge in [0.15, 0.2) is 0 Å². The molecule has 3 aromatic rings. The van der Waals surface area contributed by atoms with Crippen LogP contribution in [-0.2, 0) is 16.1 Å². The molecule has 2 atom stereocenters. The number of ether oxygens (including phenoxy) is 2. The second-order valence-electron chi connectivity index (χ2n) is 9.14. The fourth-order valence-electron chi connectivity index (χ4n) is 4.85. The van der Waals surface area contributed by atoms with E-state index in [1.165, 1.54) is 0 Å². The van der Waals surface area contributed by atoms with Crippen molar-refractivity contribution >= 4 is 28.7 Å². The van der Waals surface area contributed by atoms with Crippen molar-refractivity contribution in [2.45, 2.75) is 38.5 Å². The van der Waals surface area contributed by atoms with Crippen LogP contribution in [0.4, 0.5) is 4.79 Å². The molecule has 3 N–H and O–H groups in total. The summed E-state index contributed by atoms with van der Waals surface area (Å²) in [6, 6.07) is 14.9. The molecule has 4 amide bonds. The van der Waals surface area contributed by atoms with Gasteiger partial charge in [0, 0.05) is 35.4 Å². The molecule has 36 heavy (non-hydrogen) atoms. The highest BCUT2D eigenvalue weighted by Gasteiger charge is 2.41. The van der Waals surface area contributed by atoms with Crippen molar-refractivity contribution in [2.24, 2.45) is 5.92 Å². The number of para-hydroxylation sites is 1. The number of imide groups is 1. The molecule has 5 rings (SSSR count). The molecule has 0 bridgehead atoms. The van der Waals surface area contributed by atoms with Crippen molar-refractivity contribution in [1.29, 1.82) is 0 Å². The van der Waals surface area contributed by atoms with Crippen molar-refractivity contribution in [2.75, 3.05) is 13.2 Å². The van der Waals surface area contributed by atoms with Gasteiger partial charge in [-0.1, -0.05) is 18.2 Å². The maximum Gasteiger partial charge on any atom is 0.322 e. The van der Waals surface area contributed by atoms with E-state index in [0.29, 0.717) is 44.0 Å². The van der Waals surface area contributed by atoms with Gasteiger partial charge in [-0.05, 0) is 62.1 Å². The number of amides is 4. The third kappa shape index (κ3) is 5.16. The summed E-state index contributed by atoms with van der Waals surface area (Å²) >= 11 is 0. The highest BCUT2D eigenvalue weighted by atomic mass is 16.5. The number of nitrogens with zero attached hydrogens (tertiary/aromatic N) is 1. The van der Waals surface area contributed by atoms with Crippen LogP contribution >= 0.6 is 0 Å². The molecule has 2 fully saturated rings. The fraction of sp³-hybridized carbons (Fsp3) is 0.333. The third-order valence-corrected chi connectivity index (χ3v) is 6.68. The average Bonchev–Trinajstić information content (AvgIpc) is 3.23. The minimum atomic E-state index is -0.814. The Morgan fingerprint density at radius 3 is 2.61 bits per heavy atom. The Kier molecular flexibility index (Phi) is 6.81. The zero-order valence-electron chi connectivity index (χ0n) is 20.0. The van der Waals surface area contributed by atoms with Crippen LogP contribution in [0.2, 0.25) is 0 Å². The number of pyridine rings is 1. The Hall–Kier alpha value is -3.98. The van der Waals surface area contributed by atoms with Gasteiger partial charge < -0.3 is 20.1 Å². The van der Waals surface area contributed by atoms with Crippen molar-refractivity contribution in [3.05, 3.63) is 71.4 Å². The normalized spacial score (nSPS) is 19.0. The number of nitrogens with one attached hydrogen (secondary N) is 3. The van der Waals surface area contributed by atoms with E-state index >= 15 is 0 Å². The van der Waals surface area contributed by atoms with E-state index in [1.54, 1.807) is 24.3 Å². The number of urea groups is 1. The molecule has 0 saturated carbocycles. The lowest BCUT2D eigenvalue weighted by atomic mass is 9.86. The highest BCUT2D eigenvalue weighted by molar-refractivity contribution is 6.05. The van der Waals surface area contributed by atoms with Crippen LogP contribution in [-0.4, -0.2) is 48.1 Å². The molecule has 0 radical (unpaired) electrons. The predicted octanol–water partition coefficient (Wildman–Crippen LogP) is 2.86. The lowest BCUT2D eigenvalue weighted by molar-refractivity contribution is -0.121. The first-order chi connectivity index (χ1) is 17.5. The number of rotatable bonds is 7. The molecule has 1 aromatic heterocycles. The van der Waals surface area contributed by atoms with Crippen molar-refractivity contribution in [3.8, 4) is 5.75 Å². The Morgan fingerprint density at radius 1 is 1.14 bits per heavy atom. The van der Waals surface area contributed by atoms with Crippen molar-refractivity contribution < 1.29 is 23.9 Å². The smallest absolute Gasteiger partial charge is 0.322 e. The Bertz CT molecular complexity index is 1290. The lowest BCUT2D eigenvalue weighted by Crippen LogP contribution is -2.55. The molecular formula is C27H28N4O5. The van der Waals surface area contributed by atoms with Gasteiger partial charge in [-0.2, -0.15) is 0 Å². The van der Waals surface area contributed by atoms with E-state index in [-0.39, 0.29) is 11.8 Å². The number of benzene rings is 2. The quantitative estimate of drug-likeness (QED) is 0.440. The number of aromatic nitrogens is 1. The number of carbonyl (C=O) groups excluding carboxylic acids is 3. The van der Waals surface area contributed by atoms with Crippen LogP contribution in [0, 0.1) is 12.8 Å². The van der Waals surface area contributed by atoms with E-state index in [2.05, 4.69) is 20.9 Å². The SMILES string of the molecule is Cc1cc(COc2ccc(C(=O)NC(C3CCOCC3)C3NC(=O)NC3=O)cc2)c2ccccc2n1. The van der Waals surface area contributed by atoms with Crippen LogP contribution in [0.5, 0.6) is 5.75 Å². The molecule has 9 nitrogen and oxygen atoms in total. The Morgan fingerprint density at radius 2 is 1.89 bits per heavy atom. The topological polar surface area (TPSA) is 119 Å². The summed E-state index contributed by atoms with van der Waals surface area (Å²) < 4.78 is 11.4. The molecule has 2 aliphatic heterocycles. The molecule has 0 spiro atoms. The zero-order valence-corrected chi connectivity index (χ0v) is 20.0. The minimum absolute atomic E-state index is 0.0121. The van der Waals surface area contributed by atoms with Gasteiger partial charge in [-0.25, -0.2) is 4.79 Å². The maximum atomic E-state index is 13.1. The van der Waals surface area contributed by atoms with Gasteiger partial charge in [-0.3, -0.25) is 19.9 Å². The monoisotopic (exact) mass is 488 g/mol. The minimum Gasteiger partial charge on any atom is -0.489 e. The first-order valence-electron chi connectivity index (χ1n) is 12.1. The Labute approximate surface area is 208 Å². The molecule has 2 aromatic carbocycles. The van der Waals surface area contributed by atoms with Crippen molar-refractivity contribution in [3.63, 3.8) is 0 Å². The summed E-state index contributed by atoms with van der Waals surface area (Å²) in [5, 5.41) is 8.92. The van der Waals surface area contributed by atoms with Crippen LogP contribution in [0.1, 0.15) is 34.5 Å². The number of hydrogen-bond donors (Lipinski definition) is 3. The first kappa shape index (κ1) is 23.7. The van der Waals surface area contributed by atoms with E-state index in [9.17, 15) is 14.4 Å². The molecule has 9 heteroatoms. The maximum absolute atomic E-state index is 13.1. The van der Waals surface area contributed by atoms with Gasteiger partial charge in [-0.15, -0.1) is 0 Å². The summed E-state index contributed by atoms with van der Waals surface area (Å²) in [7, 11) is 0. The van der Waals surface area contributed by atoms with E-state index in [0.717, 1.165) is 22.2 Å². The van der Waals surface area contributed by atoms with Crippen LogP contribution in [0.25, 0.3) is 10.9 Å². The summed E-state index contributed by atoms with van der Waals surface area (Å²) in [5.74, 6) is -0.103. The summed E-state index contributed by atoms with van der Waals surface area (Å²) in [4.78, 5) is 41.7. The molecule has 0 aliphatic carbocycles. The highest BCUT2D eigenvalue weighted by Crippen LogP contribution is 2.24. The summed E-state index contributed by atoms with van der Waals surface area (Å²) in [6.07, 6.45) is 1.39. The summed E-state index contributed by atoms with van der Waals surface area (Å²) in [6.45, 7) is 3.44. The number of carbonyl (C=O) groups is 3. The number of hydrogen-bond acceptors (Lipinski definition) is 6. The third-order valence-electron chi connectivity index (χ3n) is 6.68. The lowest BCUT2D eigenvalue weighted by Gasteiger charge is -2.33. The molecule has 3 heterocycles. The number of fused-ring (bicyclic) bond motifs is 1. The first-order valence-corrected chi connectivity index (χ1v) is 12.1. The molecular weight excluding hydrogens is 460 g/mol. The van der Waals surface area contributed by atoms with E-state index in [4.69, 9.17) is 9.47 Å². The largest absolute Gasteiger partial charge is 0.489 e. The molecule has 2 aliphatic rings. The van der Waals surface area contributed by atoms with Crippen LogP contribution in [0.15, 0.2) is 54.6 Å². The van der Waals surface area contributed by atoms with Gasteiger partial charge in [0.05, 0.1) is 11.6 Å². The van der Waals surface area contributed by atoms with Crippen LogP contribution in [0.3, 0.4) is 0 Å². The Balaban J connectivity index is 1.26. The van der Waals surface area contributed by atoms with E-state index < -0.39 is 24.0 Å². The molecule has 186 valence electrons. The van der Waals surface area contributed by atoms with Crippen LogP contribution < -0.4 is 20.7 Å². The molecule has 2 saturated heterocycles. The zero-order chi connectivity index (χ0) is 25.1. The average molecular weight is 489 g/mol. The number of aryl methyl sites for hydroxylation is 1. The van der Waals surface area contributed by atoms with E-state index in [1.807, 2.05) is 37.3 Å².